The summed E-state index contributed by atoms with van der Waals surface area (Å²) in [4.78, 5) is 25.7. The third-order valence-electron chi connectivity index (χ3n) is 6.16. The third kappa shape index (κ3) is 6.66. The summed E-state index contributed by atoms with van der Waals surface area (Å²) >= 11 is 0. The molecule has 0 heterocycles. The predicted molar refractivity (Wildman–Crippen MR) is 143 cm³/mol. The summed E-state index contributed by atoms with van der Waals surface area (Å²) in [5.41, 5.74) is 13.4. The Balaban J connectivity index is 1.48. The van der Waals surface area contributed by atoms with E-state index in [-0.39, 0.29) is 18.2 Å². The number of hydrogen-bond acceptors (Lipinski definition) is 4. The Morgan fingerprint density at radius 2 is 1.43 bits per heavy atom. The highest BCUT2D eigenvalue weighted by molar-refractivity contribution is 5.95. The standard InChI is InChI=1S/C29H32N4O2/c30-15-5-10-27(31)29(35)33-26(17-20-11-12-21-6-1-3-8-23(21)16-20)19-28(34)32-25-14-13-22-7-2-4-9-24(22)18-25/h1-4,6-9,11-14,16,18,26-27H,5,10,15,17,19,30-31H2,(H,32,34)(H,33,35)/t26-,27-/m0/s1. The second kappa shape index (κ2) is 11.6. The minimum Gasteiger partial charge on any atom is -0.351 e. The second-order valence-corrected chi connectivity index (χ2v) is 8.94. The van der Waals surface area contributed by atoms with Crippen molar-refractivity contribution in [1.29, 1.82) is 0 Å². The third-order valence-corrected chi connectivity index (χ3v) is 6.16. The number of anilines is 1. The van der Waals surface area contributed by atoms with Crippen LogP contribution in [0.2, 0.25) is 0 Å². The van der Waals surface area contributed by atoms with Crippen molar-refractivity contribution in [3.8, 4) is 0 Å². The largest absolute Gasteiger partial charge is 0.351 e. The van der Waals surface area contributed by atoms with Gasteiger partial charge >= 0.3 is 0 Å². The first-order chi connectivity index (χ1) is 17.0. The van der Waals surface area contributed by atoms with E-state index in [0.717, 1.165) is 32.8 Å². The molecule has 0 spiro atoms. The summed E-state index contributed by atoms with van der Waals surface area (Å²) in [5.74, 6) is -0.426. The van der Waals surface area contributed by atoms with Crippen molar-refractivity contribution in [2.24, 2.45) is 11.5 Å². The summed E-state index contributed by atoms with van der Waals surface area (Å²) in [6.45, 7) is 0.482. The molecule has 4 aromatic rings. The Bertz CT molecular complexity index is 1320. The van der Waals surface area contributed by atoms with Crippen LogP contribution in [-0.4, -0.2) is 30.4 Å². The summed E-state index contributed by atoms with van der Waals surface area (Å²) in [6.07, 6.45) is 1.83. The Kier molecular flexibility index (Phi) is 8.08. The number of amides is 2. The van der Waals surface area contributed by atoms with Gasteiger partial charge in [-0.3, -0.25) is 9.59 Å². The lowest BCUT2D eigenvalue weighted by Gasteiger charge is -2.21. The van der Waals surface area contributed by atoms with Gasteiger partial charge in [-0.25, -0.2) is 0 Å². The van der Waals surface area contributed by atoms with Crippen molar-refractivity contribution in [1.82, 2.24) is 5.32 Å². The van der Waals surface area contributed by atoms with Gasteiger partial charge in [0.15, 0.2) is 0 Å². The molecule has 35 heavy (non-hydrogen) atoms. The number of fused-ring (bicyclic) bond motifs is 2. The quantitative estimate of drug-likeness (QED) is 0.281. The van der Waals surface area contributed by atoms with Gasteiger partial charge in [-0.1, -0.05) is 72.8 Å². The normalized spacial score (nSPS) is 12.9. The Morgan fingerprint density at radius 1 is 0.800 bits per heavy atom. The van der Waals surface area contributed by atoms with Crippen molar-refractivity contribution in [3.63, 3.8) is 0 Å². The summed E-state index contributed by atoms with van der Waals surface area (Å²) in [6, 6.07) is 27.1. The first kappa shape index (κ1) is 24.4. The summed E-state index contributed by atoms with van der Waals surface area (Å²) in [5, 5.41) is 10.4. The van der Waals surface area contributed by atoms with E-state index in [1.165, 1.54) is 0 Å². The van der Waals surface area contributed by atoms with Gasteiger partial charge in [0.25, 0.3) is 0 Å². The van der Waals surface area contributed by atoms with Crippen LogP contribution >= 0.6 is 0 Å². The number of hydrogen-bond donors (Lipinski definition) is 4. The molecule has 0 bridgehead atoms. The molecule has 4 aromatic carbocycles. The molecule has 6 nitrogen and oxygen atoms in total. The van der Waals surface area contributed by atoms with Gasteiger partial charge in [0, 0.05) is 18.2 Å². The smallest absolute Gasteiger partial charge is 0.237 e. The molecule has 2 amide bonds. The number of nitrogens with two attached hydrogens (primary N) is 2. The lowest BCUT2D eigenvalue weighted by atomic mass is 9.99. The monoisotopic (exact) mass is 468 g/mol. The Hall–Kier alpha value is -3.74. The number of nitrogens with one attached hydrogen (secondary N) is 2. The van der Waals surface area contributed by atoms with Crippen LogP contribution in [-0.2, 0) is 16.0 Å². The molecule has 0 aliphatic heterocycles. The van der Waals surface area contributed by atoms with Crippen molar-refractivity contribution < 1.29 is 9.59 Å². The molecule has 0 unspecified atom stereocenters. The maximum Gasteiger partial charge on any atom is 0.237 e. The molecule has 6 N–H and O–H groups in total. The van der Waals surface area contributed by atoms with E-state index in [4.69, 9.17) is 11.5 Å². The fraction of sp³-hybridized carbons (Fsp3) is 0.241. The fourth-order valence-electron chi connectivity index (χ4n) is 4.30. The fourth-order valence-corrected chi connectivity index (χ4v) is 4.30. The molecule has 0 saturated carbocycles. The van der Waals surface area contributed by atoms with Crippen LogP contribution in [0, 0.1) is 0 Å². The molecular weight excluding hydrogens is 436 g/mol. The van der Waals surface area contributed by atoms with Gasteiger partial charge < -0.3 is 22.1 Å². The van der Waals surface area contributed by atoms with Crippen molar-refractivity contribution in [2.45, 2.75) is 37.8 Å². The maximum absolute atomic E-state index is 13.0. The van der Waals surface area contributed by atoms with Gasteiger partial charge in [-0.2, -0.15) is 0 Å². The van der Waals surface area contributed by atoms with Gasteiger partial charge in [0.2, 0.25) is 11.8 Å². The SMILES string of the molecule is NCCC[C@H](N)C(=O)N[C@H](CC(=O)Nc1ccc2ccccc2c1)Cc1ccc2ccccc2c1. The zero-order valence-electron chi connectivity index (χ0n) is 19.7. The van der Waals surface area contributed by atoms with E-state index in [1.807, 2.05) is 60.7 Å². The van der Waals surface area contributed by atoms with Crippen molar-refractivity contribution in [2.75, 3.05) is 11.9 Å². The molecule has 2 atom stereocenters. The highest BCUT2D eigenvalue weighted by atomic mass is 16.2. The molecule has 6 heteroatoms. The highest BCUT2D eigenvalue weighted by Gasteiger charge is 2.21. The number of rotatable bonds is 10. The molecule has 4 rings (SSSR count). The highest BCUT2D eigenvalue weighted by Crippen LogP contribution is 2.20. The van der Waals surface area contributed by atoms with E-state index in [0.29, 0.717) is 25.8 Å². The van der Waals surface area contributed by atoms with Crippen LogP contribution in [0.5, 0.6) is 0 Å². The van der Waals surface area contributed by atoms with Gasteiger partial charge in [-0.15, -0.1) is 0 Å². The van der Waals surface area contributed by atoms with Crippen molar-refractivity contribution in [3.05, 3.63) is 90.5 Å². The molecular formula is C29H32N4O2. The van der Waals surface area contributed by atoms with Crippen LogP contribution < -0.4 is 22.1 Å². The minimum atomic E-state index is -0.652. The van der Waals surface area contributed by atoms with Crippen LogP contribution in [0.25, 0.3) is 21.5 Å². The van der Waals surface area contributed by atoms with Gasteiger partial charge in [0.1, 0.15) is 0 Å². The molecule has 180 valence electrons. The molecule has 0 aromatic heterocycles. The first-order valence-electron chi connectivity index (χ1n) is 12.0. The van der Waals surface area contributed by atoms with E-state index in [2.05, 4.69) is 34.9 Å². The second-order valence-electron chi connectivity index (χ2n) is 8.94. The van der Waals surface area contributed by atoms with Gasteiger partial charge in [-0.05, 0) is 65.0 Å². The zero-order valence-corrected chi connectivity index (χ0v) is 19.7. The van der Waals surface area contributed by atoms with E-state index >= 15 is 0 Å². The Morgan fingerprint density at radius 3 is 2.11 bits per heavy atom. The number of benzene rings is 4. The number of carbonyl (C=O) groups excluding carboxylic acids is 2. The molecule has 0 fully saturated rings. The topological polar surface area (TPSA) is 110 Å². The van der Waals surface area contributed by atoms with Crippen LogP contribution in [0.1, 0.15) is 24.8 Å². The molecule has 0 saturated heterocycles. The van der Waals surface area contributed by atoms with E-state index < -0.39 is 12.1 Å². The van der Waals surface area contributed by atoms with Crippen LogP contribution in [0.15, 0.2) is 84.9 Å². The van der Waals surface area contributed by atoms with E-state index in [1.54, 1.807) is 0 Å². The first-order valence-corrected chi connectivity index (χ1v) is 12.0. The minimum absolute atomic E-state index is 0.134. The lowest BCUT2D eigenvalue weighted by Crippen LogP contribution is -2.47. The van der Waals surface area contributed by atoms with Gasteiger partial charge in [0.05, 0.1) is 6.04 Å². The molecule has 0 aliphatic carbocycles. The Labute approximate surface area is 205 Å². The van der Waals surface area contributed by atoms with Crippen molar-refractivity contribution >= 4 is 39.0 Å². The summed E-state index contributed by atoms with van der Waals surface area (Å²) < 4.78 is 0. The van der Waals surface area contributed by atoms with E-state index in [9.17, 15) is 9.59 Å². The summed E-state index contributed by atoms with van der Waals surface area (Å²) in [7, 11) is 0. The van der Waals surface area contributed by atoms with Crippen LogP contribution in [0.4, 0.5) is 5.69 Å². The lowest BCUT2D eigenvalue weighted by molar-refractivity contribution is -0.123. The average Bonchev–Trinajstić information content (AvgIpc) is 2.87. The average molecular weight is 469 g/mol. The van der Waals surface area contributed by atoms with Crippen LogP contribution in [0.3, 0.4) is 0 Å². The predicted octanol–water partition coefficient (Wildman–Crippen LogP) is 4.12. The molecule has 0 radical (unpaired) electrons. The maximum atomic E-state index is 13.0. The zero-order chi connectivity index (χ0) is 24.6. The molecule has 0 aliphatic rings. The number of carbonyl (C=O) groups is 2.